The lowest BCUT2D eigenvalue weighted by molar-refractivity contribution is -0.134. The lowest BCUT2D eigenvalue weighted by Crippen LogP contribution is -2.17. The zero-order valence-electron chi connectivity index (χ0n) is 7.04. The van der Waals surface area contributed by atoms with Gasteiger partial charge < -0.3 is 10.5 Å². The highest BCUT2D eigenvalue weighted by Crippen LogP contribution is 1.94. The second-order valence-electron chi connectivity index (χ2n) is 2.33. The number of ether oxygens (including phenoxy) is 1. The number of hydrogen-bond donors (Lipinski definition) is 1. The van der Waals surface area contributed by atoms with Crippen molar-refractivity contribution < 1.29 is 9.53 Å². The number of carbonyl (C=O) groups is 1. The molecule has 0 aromatic rings. The molecular formula is C8H15NO2. The summed E-state index contributed by atoms with van der Waals surface area (Å²) in [5.74, 6) is -0.326. The van der Waals surface area contributed by atoms with E-state index in [1.54, 1.807) is 6.08 Å². The summed E-state index contributed by atoms with van der Waals surface area (Å²) < 4.78 is 4.40. The standard InChI is InChI=1S/C8H15NO2/c1-3-7(9)5-4-6-8(10)11-2/h4,6-7H,3,5,9H2,1-2H3/b6-4+. The van der Waals surface area contributed by atoms with Gasteiger partial charge in [0.2, 0.25) is 0 Å². The molecule has 3 nitrogen and oxygen atoms in total. The van der Waals surface area contributed by atoms with Crippen LogP contribution in [0.5, 0.6) is 0 Å². The number of rotatable bonds is 4. The minimum atomic E-state index is -0.326. The molecule has 0 heterocycles. The van der Waals surface area contributed by atoms with Crippen LogP contribution in [0, 0.1) is 0 Å². The Bertz CT molecular complexity index is 143. The molecule has 2 N–H and O–H groups in total. The summed E-state index contributed by atoms with van der Waals surface area (Å²) in [6.07, 6.45) is 4.78. The molecule has 1 unspecified atom stereocenters. The van der Waals surface area contributed by atoms with E-state index in [1.807, 2.05) is 6.92 Å². The fourth-order valence-electron chi connectivity index (χ4n) is 0.574. The van der Waals surface area contributed by atoms with Gasteiger partial charge in [-0.2, -0.15) is 0 Å². The smallest absolute Gasteiger partial charge is 0.330 e. The van der Waals surface area contributed by atoms with Crippen LogP contribution in [0.3, 0.4) is 0 Å². The first-order valence-electron chi connectivity index (χ1n) is 3.70. The predicted molar refractivity (Wildman–Crippen MR) is 44.0 cm³/mol. The van der Waals surface area contributed by atoms with Gasteiger partial charge in [0.1, 0.15) is 0 Å². The maximum atomic E-state index is 10.5. The summed E-state index contributed by atoms with van der Waals surface area (Å²) >= 11 is 0. The number of hydrogen-bond acceptors (Lipinski definition) is 3. The Hall–Kier alpha value is -0.830. The molecular weight excluding hydrogens is 142 g/mol. The zero-order chi connectivity index (χ0) is 8.69. The minimum absolute atomic E-state index is 0.149. The molecule has 0 aliphatic rings. The van der Waals surface area contributed by atoms with Gasteiger partial charge in [0.05, 0.1) is 7.11 Å². The van der Waals surface area contributed by atoms with Gasteiger partial charge in [-0.05, 0) is 12.8 Å². The van der Waals surface area contributed by atoms with E-state index in [2.05, 4.69) is 4.74 Å². The van der Waals surface area contributed by atoms with Crippen LogP contribution in [0.2, 0.25) is 0 Å². The normalized spacial score (nSPS) is 13.4. The van der Waals surface area contributed by atoms with E-state index in [0.717, 1.165) is 12.8 Å². The van der Waals surface area contributed by atoms with Crippen LogP contribution in [0.25, 0.3) is 0 Å². The summed E-state index contributed by atoms with van der Waals surface area (Å²) in [6.45, 7) is 2.01. The number of methoxy groups -OCH3 is 1. The van der Waals surface area contributed by atoms with Crippen LogP contribution >= 0.6 is 0 Å². The fourth-order valence-corrected chi connectivity index (χ4v) is 0.574. The maximum absolute atomic E-state index is 10.5. The molecule has 11 heavy (non-hydrogen) atoms. The van der Waals surface area contributed by atoms with E-state index in [9.17, 15) is 4.79 Å². The second-order valence-corrected chi connectivity index (χ2v) is 2.33. The van der Waals surface area contributed by atoms with E-state index in [0.29, 0.717) is 0 Å². The lowest BCUT2D eigenvalue weighted by Gasteiger charge is -2.02. The Balaban J connectivity index is 3.51. The number of esters is 1. The van der Waals surface area contributed by atoms with E-state index >= 15 is 0 Å². The maximum Gasteiger partial charge on any atom is 0.330 e. The third-order valence-corrected chi connectivity index (χ3v) is 1.42. The average molecular weight is 157 g/mol. The van der Waals surface area contributed by atoms with Crippen LogP contribution in [0.1, 0.15) is 19.8 Å². The van der Waals surface area contributed by atoms with E-state index in [1.165, 1.54) is 13.2 Å². The molecule has 0 aliphatic carbocycles. The van der Waals surface area contributed by atoms with Crippen molar-refractivity contribution in [2.24, 2.45) is 5.73 Å². The van der Waals surface area contributed by atoms with Crippen molar-refractivity contribution in [1.29, 1.82) is 0 Å². The van der Waals surface area contributed by atoms with E-state index < -0.39 is 0 Å². The highest BCUT2D eigenvalue weighted by atomic mass is 16.5. The Morgan fingerprint density at radius 1 is 1.73 bits per heavy atom. The third-order valence-electron chi connectivity index (χ3n) is 1.42. The molecule has 0 aliphatic heterocycles. The van der Waals surface area contributed by atoms with Crippen molar-refractivity contribution in [3.05, 3.63) is 12.2 Å². The van der Waals surface area contributed by atoms with Gasteiger partial charge in [-0.3, -0.25) is 0 Å². The largest absolute Gasteiger partial charge is 0.466 e. The van der Waals surface area contributed by atoms with Crippen molar-refractivity contribution in [1.82, 2.24) is 0 Å². The van der Waals surface area contributed by atoms with Crippen molar-refractivity contribution in [2.45, 2.75) is 25.8 Å². The number of nitrogens with two attached hydrogens (primary N) is 1. The van der Waals surface area contributed by atoms with E-state index in [4.69, 9.17) is 5.73 Å². The zero-order valence-corrected chi connectivity index (χ0v) is 7.04. The molecule has 0 radical (unpaired) electrons. The lowest BCUT2D eigenvalue weighted by atomic mass is 10.1. The minimum Gasteiger partial charge on any atom is -0.466 e. The average Bonchev–Trinajstić information content (AvgIpc) is 2.04. The SMILES string of the molecule is CCC(N)C/C=C/C(=O)OC. The fraction of sp³-hybridized carbons (Fsp3) is 0.625. The summed E-state index contributed by atoms with van der Waals surface area (Å²) in [7, 11) is 1.35. The van der Waals surface area contributed by atoms with Crippen LogP contribution in [-0.4, -0.2) is 19.1 Å². The quantitative estimate of drug-likeness (QED) is 0.486. The highest BCUT2D eigenvalue weighted by Gasteiger charge is 1.95. The summed E-state index contributed by atoms with van der Waals surface area (Å²) in [5, 5.41) is 0. The van der Waals surface area contributed by atoms with E-state index in [-0.39, 0.29) is 12.0 Å². The predicted octanol–water partition coefficient (Wildman–Crippen LogP) is 0.843. The van der Waals surface area contributed by atoms with Crippen LogP contribution in [-0.2, 0) is 9.53 Å². The Kier molecular flexibility index (Phi) is 5.47. The van der Waals surface area contributed by atoms with Gasteiger partial charge in [0, 0.05) is 12.1 Å². The summed E-state index contributed by atoms with van der Waals surface area (Å²) in [5.41, 5.74) is 5.60. The second kappa shape index (κ2) is 5.92. The molecule has 0 amide bonds. The molecule has 0 saturated carbocycles. The third kappa shape index (κ3) is 5.61. The number of carbonyl (C=O) groups excluding carboxylic acids is 1. The molecule has 0 fully saturated rings. The topological polar surface area (TPSA) is 52.3 Å². The highest BCUT2D eigenvalue weighted by molar-refractivity contribution is 5.81. The van der Waals surface area contributed by atoms with Gasteiger partial charge in [-0.1, -0.05) is 13.0 Å². The van der Waals surface area contributed by atoms with Crippen LogP contribution in [0.4, 0.5) is 0 Å². The molecule has 0 spiro atoms. The summed E-state index contributed by atoms with van der Waals surface area (Å²) in [4.78, 5) is 10.5. The van der Waals surface area contributed by atoms with Gasteiger partial charge in [0.25, 0.3) is 0 Å². The first kappa shape index (κ1) is 10.2. The molecule has 0 aromatic carbocycles. The molecule has 0 aromatic heterocycles. The molecule has 3 heteroatoms. The van der Waals surface area contributed by atoms with Gasteiger partial charge in [-0.25, -0.2) is 4.79 Å². The van der Waals surface area contributed by atoms with Crippen molar-refractivity contribution in [3.8, 4) is 0 Å². The monoisotopic (exact) mass is 157 g/mol. The first-order chi connectivity index (χ1) is 5.20. The van der Waals surface area contributed by atoms with Crippen LogP contribution < -0.4 is 5.73 Å². The molecule has 64 valence electrons. The Morgan fingerprint density at radius 2 is 2.36 bits per heavy atom. The molecule has 0 saturated heterocycles. The Labute approximate surface area is 67.2 Å². The van der Waals surface area contributed by atoms with Gasteiger partial charge >= 0.3 is 5.97 Å². The Morgan fingerprint density at radius 3 is 2.82 bits per heavy atom. The summed E-state index contributed by atoms with van der Waals surface area (Å²) in [6, 6.07) is 0.149. The molecule has 0 bridgehead atoms. The van der Waals surface area contributed by atoms with Gasteiger partial charge in [0.15, 0.2) is 0 Å². The van der Waals surface area contributed by atoms with Crippen molar-refractivity contribution in [2.75, 3.05) is 7.11 Å². The van der Waals surface area contributed by atoms with Crippen LogP contribution in [0.15, 0.2) is 12.2 Å². The van der Waals surface area contributed by atoms with Crippen molar-refractivity contribution >= 4 is 5.97 Å². The molecule has 1 atom stereocenters. The first-order valence-corrected chi connectivity index (χ1v) is 3.70. The van der Waals surface area contributed by atoms with Crippen molar-refractivity contribution in [3.63, 3.8) is 0 Å². The van der Waals surface area contributed by atoms with Gasteiger partial charge in [-0.15, -0.1) is 0 Å². The molecule has 0 rings (SSSR count).